The molecule has 2 aliphatic rings. The number of nitrogens with zero attached hydrogens (tertiary/aromatic N) is 2. The van der Waals surface area contributed by atoms with Crippen molar-refractivity contribution in [1.82, 2.24) is 14.8 Å². The summed E-state index contributed by atoms with van der Waals surface area (Å²) in [4.78, 5) is 26.3. The van der Waals surface area contributed by atoms with Crippen LogP contribution in [0.4, 0.5) is 4.39 Å². The molecule has 4 rings (SSSR count). The Labute approximate surface area is 167 Å². The Hall–Kier alpha value is -2.80. The van der Waals surface area contributed by atoms with Gasteiger partial charge in [0.15, 0.2) is 5.11 Å². The summed E-state index contributed by atoms with van der Waals surface area (Å²) in [5, 5.41) is 3.14. The first-order valence-electron chi connectivity index (χ1n) is 9.23. The number of benzene rings is 1. The highest BCUT2D eigenvalue weighted by Gasteiger charge is 2.35. The standard InChI is InChI=1S/C21H20FN3O2S/c22-17-7-4-14(5-8-17)6-9-19(26)23-21(28)24-11-15-10-16(13-24)18-2-1-3-20(27)25(18)12-15/h1-9,15-16H,10-13H2,(H,23,26,28)/b9-6+/t15-,16+/m1/s1. The fourth-order valence-electron chi connectivity index (χ4n) is 4.03. The summed E-state index contributed by atoms with van der Waals surface area (Å²) in [7, 11) is 0. The van der Waals surface area contributed by atoms with Crippen molar-refractivity contribution in [3.8, 4) is 0 Å². The van der Waals surface area contributed by atoms with Crippen molar-refractivity contribution >= 4 is 29.3 Å². The first-order chi connectivity index (χ1) is 13.5. The van der Waals surface area contributed by atoms with E-state index in [9.17, 15) is 14.0 Å². The molecule has 1 aromatic heterocycles. The number of pyridine rings is 1. The van der Waals surface area contributed by atoms with Gasteiger partial charge in [-0.15, -0.1) is 0 Å². The highest BCUT2D eigenvalue weighted by atomic mass is 32.1. The third-order valence-electron chi connectivity index (χ3n) is 5.29. The van der Waals surface area contributed by atoms with Gasteiger partial charge in [-0.3, -0.25) is 14.9 Å². The van der Waals surface area contributed by atoms with Crippen molar-refractivity contribution in [2.45, 2.75) is 18.9 Å². The maximum atomic E-state index is 12.9. The number of hydrogen-bond donors (Lipinski definition) is 1. The zero-order valence-corrected chi connectivity index (χ0v) is 16.0. The van der Waals surface area contributed by atoms with Crippen LogP contribution in [0.1, 0.15) is 23.6 Å². The molecule has 2 aromatic rings. The van der Waals surface area contributed by atoms with Crippen LogP contribution in [-0.2, 0) is 11.3 Å². The molecule has 3 heterocycles. The van der Waals surface area contributed by atoms with E-state index in [2.05, 4.69) is 5.32 Å². The summed E-state index contributed by atoms with van der Waals surface area (Å²) in [6, 6.07) is 11.3. The summed E-state index contributed by atoms with van der Waals surface area (Å²) < 4.78 is 14.8. The topological polar surface area (TPSA) is 54.3 Å². The Morgan fingerprint density at radius 3 is 2.71 bits per heavy atom. The minimum Gasteiger partial charge on any atom is -0.348 e. The molecular weight excluding hydrogens is 377 g/mol. The molecule has 2 atom stereocenters. The molecule has 2 aliphatic heterocycles. The summed E-state index contributed by atoms with van der Waals surface area (Å²) in [5.74, 6) is -0.0779. The van der Waals surface area contributed by atoms with Crippen LogP contribution in [0, 0.1) is 11.7 Å². The lowest BCUT2D eigenvalue weighted by Gasteiger charge is -2.43. The molecular formula is C21H20FN3O2S. The predicted molar refractivity (Wildman–Crippen MR) is 109 cm³/mol. The summed E-state index contributed by atoms with van der Waals surface area (Å²) in [6.07, 6.45) is 4.03. The van der Waals surface area contributed by atoms with Gasteiger partial charge in [0.25, 0.3) is 5.56 Å². The monoisotopic (exact) mass is 397 g/mol. The molecule has 2 bridgehead atoms. The zero-order chi connectivity index (χ0) is 19.7. The number of amides is 1. The van der Waals surface area contributed by atoms with Crippen LogP contribution in [-0.4, -0.2) is 33.6 Å². The molecule has 0 saturated carbocycles. The highest BCUT2D eigenvalue weighted by molar-refractivity contribution is 7.80. The smallest absolute Gasteiger partial charge is 0.250 e. The van der Waals surface area contributed by atoms with E-state index in [0.717, 1.165) is 24.2 Å². The number of rotatable bonds is 2. The molecule has 7 heteroatoms. The number of aromatic nitrogens is 1. The van der Waals surface area contributed by atoms with Gasteiger partial charge in [-0.2, -0.15) is 0 Å². The largest absolute Gasteiger partial charge is 0.348 e. The number of hydrogen-bond acceptors (Lipinski definition) is 3. The van der Waals surface area contributed by atoms with Crippen LogP contribution >= 0.6 is 12.2 Å². The van der Waals surface area contributed by atoms with Crippen molar-refractivity contribution in [1.29, 1.82) is 0 Å². The fraction of sp³-hybridized carbons (Fsp3) is 0.286. The van der Waals surface area contributed by atoms with Gasteiger partial charge in [-0.05, 0) is 54.4 Å². The maximum absolute atomic E-state index is 12.9. The summed E-state index contributed by atoms with van der Waals surface area (Å²) in [6.45, 7) is 2.09. The number of nitrogens with one attached hydrogen (secondary N) is 1. The molecule has 1 saturated heterocycles. The van der Waals surface area contributed by atoms with Gasteiger partial charge in [-0.1, -0.05) is 18.2 Å². The molecule has 0 radical (unpaired) electrons. The van der Waals surface area contributed by atoms with Gasteiger partial charge in [0.2, 0.25) is 5.91 Å². The Bertz CT molecular complexity index is 999. The van der Waals surface area contributed by atoms with Crippen LogP contribution in [0.15, 0.2) is 53.3 Å². The van der Waals surface area contributed by atoms with E-state index in [-0.39, 0.29) is 23.2 Å². The SMILES string of the molecule is O=C(/C=C/c1ccc(F)cc1)NC(=S)N1C[C@H]2C[C@@H](C1)c1cccc(=O)n1C2. The fourth-order valence-corrected chi connectivity index (χ4v) is 4.28. The zero-order valence-electron chi connectivity index (χ0n) is 15.2. The lowest BCUT2D eigenvalue weighted by Crippen LogP contribution is -2.52. The molecule has 0 spiro atoms. The van der Waals surface area contributed by atoms with E-state index >= 15 is 0 Å². The molecule has 28 heavy (non-hydrogen) atoms. The van der Waals surface area contributed by atoms with E-state index in [1.807, 2.05) is 15.5 Å². The number of piperidine rings is 1. The molecule has 1 N–H and O–H groups in total. The predicted octanol–water partition coefficient (Wildman–Crippen LogP) is 2.52. The maximum Gasteiger partial charge on any atom is 0.250 e. The number of halogens is 1. The normalized spacial score (nSPS) is 20.7. The third-order valence-corrected chi connectivity index (χ3v) is 5.65. The second-order valence-corrected chi connectivity index (χ2v) is 7.67. The minimum atomic E-state index is -0.318. The average Bonchev–Trinajstić information content (AvgIpc) is 2.68. The van der Waals surface area contributed by atoms with Crippen molar-refractivity contribution in [2.24, 2.45) is 5.92 Å². The number of fused-ring (bicyclic) bond motifs is 4. The van der Waals surface area contributed by atoms with E-state index in [0.29, 0.717) is 24.1 Å². The van der Waals surface area contributed by atoms with E-state index in [4.69, 9.17) is 12.2 Å². The van der Waals surface area contributed by atoms with Crippen LogP contribution < -0.4 is 10.9 Å². The van der Waals surface area contributed by atoms with Crippen molar-refractivity contribution < 1.29 is 9.18 Å². The first-order valence-corrected chi connectivity index (χ1v) is 9.64. The number of carbonyl (C=O) groups excluding carboxylic acids is 1. The van der Waals surface area contributed by atoms with E-state index < -0.39 is 0 Å². The van der Waals surface area contributed by atoms with Gasteiger partial charge < -0.3 is 9.47 Å². The number of carbonyl (C=O) groups is 1. The second kappa shape index (κ2) is 7.67. The summed E-state index contributed by atoms with van der Waals surface area (Å²) in [5.41, 5.74) is 1.82. The van der Waals surface area contributed by atoms with Gasteiger partial charge in [0.05, 0.1) is 0 Å². The van der Waals surface area contributed by atoms with Crippen molar-refractivity contribution in [2.75, 3.05) is 13.1 Å². The van der Waals surface area contributed by atoms with E-state index in [1.54, 1.807) is 30.3 Å². The van der Waals surface area contributed by atoms with Gasteiger partial charge >= 0.3 is 0 Å². The Balaban J connectivity index is 1.40. The Morgan fingerprint density at radius 2 is 1.93 bits per heavy atom. The molecule has 5 nitrogen and oxygen atoms in total. The Kier molecular flexibility index (Phi) is 5.09. The van der Waals surface area contributed by atoms with E-state index in [1.165, 1.54) is 18.2 Å². The van der Waals surface area contributed by atoms with Gasteiger partial charge in [0.1, 0.15) is 5.82 Å². The van der Waals surface area contributed by atoms with Crippen LogP contribution in [0.2, 0.25) is 0 Å². The van der Waals surface area contributed by atoms with Crippen LogP contribution in [0.5, 0.6) is 0 Å². The molecule has 1 aromatic carbocycles. The van der Waals surface area contributed by atoms with Crippen molar-refractivity contribution in [3.63, 3.8) is 0 Å². The molecule has 0 aliphatic carbocycles. The summed E-state index contributed by atoms with van der Waals surface area (Å²) >= 11 is 5.44. The average molecular weight is 397 g/mol. The lowest BCUT2D eigenvalue weighted by molar-refractivity contribution is -0.115. The Morgan fingerprint density at radius 1 is 1.14 bits per heavy atom. The minimum absolute atomic E-state index is 0.0439. The lowest BCUT2D eigenvalue weighted by atomic mass is 9.83. The molecule has 1 fully saturated rings. The second-order valence-electron chi connectivity index (χ2n) is 7.28. The van der Waals surface area contributed by atoms with Gasteiger partial charge in [0, 0.05) is 43.4 Å². The molecule has 144 valence electrons. The highest BCUT2D eigenvalue weighted by Crippen LogP contribution is 2.34. The number of thiocarbonyl (C=S) groups is 1. The number of likely N-dealkylation sites (tertiary alicyclic amines) is 1. The van der Waals surface area contributed by atoms with Crippen molar-refractivity contribution in [3.05, 3.63) is 76.0 Å². The first kappa shape index (κ1) is 18.6. The van der Waals surface area contributed by atoms with Crippen LogP contribution in [0.25, 0.3) is 6.08 Å². The quantitative estimate of drug-likeness (QED) is 0.625. The molecule has 1 amide bonds. The van der Waals surface area contributed by atoms with Crippen LogP contribution in [0.3, 0.4) is 0 Å². The van der Waals surface area contributed by atoms with Gasteiger partial charge in [-0.25, -0.2) is 4.39 Å². The molecule has 0 unspecified atom stereocenters. The third kappa shape index (κ3) is 3.89.